The number of carbonyl (C=O) groups excluding carboxylic acids is 1. The van der Waals surface area contributed by atoms with Gasteiger partial charge in [-0.05, 0) is 20.3 Å². The monoisotopic (exact) mass is 211 g/mol. The second-order valence-corrected chi connectivity index (χ2v) is 3.84. The molecule has 0 radical (unpaired) electrons. The fourth-order valence-corrected chi connectivity index (χ4v) is 1.01. The second kappa shape index (κ2) is 4.39. The van der Waals surface area contributed by atoms with E-state index in [-0.39, 0.29) is 11.9 Å². The number of carbonyl (C=O) groups is 1. The van der Waals surface area contributed by atoms with Crippen molar-refractivity contribution in [1.82, 2.24) is 20.5 Å². The molecule has 0 saturated heterocycles. The van der Waals surface area contributed by atoms with Gasteiger partial charge in [0.2, 0.25) is 5.91 Å². The second-order valence-electron chi connectivity index (χ2n) is 3.84. The first kappa shape index (κ1) is 11.6. The minimum atomic E-state index is -0.839. The number of hydrogen-bond donors (Lipinski definition) is 3. The summed E-state index contributed by atoms with van der Waals surface area (Å²) in [5.74, 6) is 0.434. The molecule has 0 saturated carbocycles. The standard InChI is InChI=1S/C9H17N5O/c1-4-9(3,10)8(15)13-6(2)7-11-5-12-14-7/h5-6H,4,10H2,1-3H3,(H,13,15)(H,11,12,14). The van der Waals surface area contributed by atoms with Crippen LogP contribution in [0, 0.1) is 0 Å². The van der Waals surface area contributed by atoms with E-state index >= 15 is 0 Å². The van der Waals surface area contributed by atoms with Crippen LogP contribution >= 0.6 is 0 Å². The molecule has 0 aliphatic rings. The van der Waals surface area contributed by atoms with Crippen molar-refractivity contribution in [1.29, 1.82) is 0 Å². The molecule has 2 atom stereocenters. The molecule has 0 fully saturated rings. The smallest absolute Gasteiger partial charge is 0.240 e. The molecule has 1 aromatic rings. The van der Waals surface area contributed by atoms with Crippen molar-refractivity contribution in [2.24, 2.45) is 5.73 Å². The van der Waals surface area contributed by atoms with Crippen molar-refractivity contribution in [3.8, 4) is 0 Å². The van der Waals surface area contributed by atoms with Crippen LogP contribution in [-0.4, -0.2) is 26.6 Å². The number of amides is 1. The van der Waals surface area contributed by atoms with Crippen molar-refractivity contribution in [2.75, 3.05) is 0 Å². The van der Waals surface area contributed by atoms with Gasteiger partial charge < -0.3 is 11.1 Å². The average molecular weight is 211 g/mol. The van der Waals surface area contributed by atoms with Crippen LogP contribution in [0.2, 0.25) is 0 Å². The quantitative estimate of drug-likeness (QED) is 0.658. The first-order chi connectivity index (χ1) is 6.97. The minimum absolute atomic E-state index is 0.186. The molecule has 0 aliphatic heterocycles. The van der Waals surface area contributed by atoms with E-state index in [1.165, 1.54) is 6.33 Å². The number of aromatic amines is 1. The maximum atomic E-state index is 11.7. The molecular weight excluding hydrogens is 194 g/mol. The zero-order valence-corrected chi connectivity index (χ0v) is 9.24. The Morgan fingerprint density at radius 3 is 2.93 bits per heavy atom. The lowest BCUT2D eigenvalue weighted by atomic mass is 9.99. The van der Waals surface area contributed by atoms with Crippen molar-refractivity contribution >= 4 is 5.91 Å². The molecule has 0 aliphatic carbocycles. The molecule has 1 heterocycles. The third kappa shape index (κ3) is 2.76. The average Bonchev–Trinajstić information content (AvgIpc) is 2.70. The first-order valence-electron chi connectivity index (χ1n) is 4.92. The van der Waals surface area contributed by atoms with Gasteiger partial charge in [0.25, 0.3) is 0 Å². The Morgan fingerprint density at radius 2 is 2.47 bits per heavy atom. The number of nitrogens with zero attached hydrogens (tertiary/aromatic N) is 2. The highest BCUT2D eigenvalue weighted by atomic mass is 16.2. The molecule has 0 spiro atoms. The van der Waals surface area contributed by atoms with E-state index in [0.29, 0.717) is 12.2 Å². The zero-order chi connectivity index (χ0) is 11.5. The maximum absolute atomic E-state index is 11.7. The molecular formula is C9H17N5O. The Morgan fingerprint density at radius 1 is 1.80 bits per heavy atom. The summed E-state index contributed by atoms with van der Waals surface area (Å²) in [7, 11) is 0. The molecule has 84 valence electrons. The molecule has 1 amide bonds. The summed E-state index contributed by atoms with van der Waals surface area (Å²) in [6, 6.07) is -0.213. The minimum Gasteiger partial charge on any atom is -0.345 e. The summed E-state index contributed by atoms with van der Waals surface area (Å²) < 4.78 is 0. The van der Waals surface area contributed by atoms with E-state index in [9.17, 15) is 4.79 Å². The number of nitrogens with two attached hydrogens (primary N) is 1. The highest BCUT2D eigenvalue weighted by molar-refractivity contribution is 5.85. The Balaban J connectivity index is 2.60. The van der Waals surface area contributed by atoms with Crippen LogP contribution in [-0.2, 0) is 4.79 Å². The van der Waals surface area contributed by atoms with E-state index in [0.717, 1.165) is 0 Å². The highest BCUT2D eigenvalue weighted by Crippen LogP contribution is 2.09. The fraction of sp³-hybridized carbons (Fsp3) is 0.667. The number of aromatic nitrogens is 3. The van der Waals surface area contributed by atoms with E-state index in [2.05, 4.69) is 20.5 Å². The van der Waals surface area contributed by atoms with Crippen molar-refractivity contribution in [2.45, 2.75) is 38.8 Å². The molecule has 1 rings (SSSR count). The largest absolute Gasteiger partial charge is 0.345 e. The summed E-state index contributed by atoms with van der Waals surface area (Å²) in [5, 5.41) is 9.19. The van der Waals surface area contributed by atoms with Crippen LogP contribution in [0.3, 0.4) is 0 Å². The molecule has 6 nitrogen and oxygen atoms in total. The van der Waals surface area contributed by atoms with Crippen LogP contribution in [0.1, 0.15) is 39.1 Å². The third-order valence-electron chi connectivity index (χ3n) is 2.44. The van der Waals surface area contributed by atoms with E-state index < -0.39 is 5.54 Å². The number of H-pyrrole nitrogens is 1. The molecule has 4 N–H and O–H groups in total. The van der Waals surface area contributed by atoms with E-state index in [1.807, 2.05) is 13.8 Å². The molecule has 0 bridgehead atoms. The fourth-order valence-electron chi connectivity index (χ4n) is 1.01. The van der Waals surface area contributed by atoms with E-state index in [4.69, 9.17) is 5.73 Å². The topological polar surface area (TPSA) is 96.7 Å². The normalized spacial score (nSPS) is 16.8. The van der Waals surface area contributed by atoms with Crippen LogP contribution in [0.25, 0.3) is 0 Å². The lowest BCUT2D eigenvalue weighted by molar-refractivity contribution is -0.126. The predicted molar refractivity (Wildman–Crippen MR) is 55.8 cm³/mol. The summed E-state index contributed by atoms with van der Waals surface area (Å²) in [6.07, 6.45) is 1.99. The van der Waals surface area contributed by atoms with Gasteiger partial charge in [0, 0.05) is 0 Å². The van der Waals surface area contributed by atoms with Gasteiger partial charge in [0.05, 0.1) is 11.6 Å². The maximum Gasteiger partial charge on any atom is 0.240 e. The number of rotatable bonds is 4. The lowest BCUT2D eigenvalue weighted by Gasteiger charge is -2.23. The van der Waals surface area contributed by atoms with Gasteiger partial charge in [0.15, 0.2) is 0 Å². The van der Waals surface area contributed by atoms with E-state index in [1.54, 1.807) is 6.92 Å². The van der Waals surface area contributed by atoms with Gasteiger partial charge in [-0.25, -0.2) is 4.98 Å². The van der Waals surface area contributed by atoms with Crippen LogP contribution in [0.4, 0.5) is 0 Å². The molecule has 2 unspecified atom stereocenters. The molecule has 0 aromatic carbocycles. The SMILES string of the molecule is CCC(C)(N)C(=O)NC(C)c1ncn[nH]1. The van der Waals surface area contributed by atoms with Crippen molar-refractivity contribution in [3.05, 3.63) is 12.2 Å². The molecule has 15 heavy (non-hydrogen) atoms. The van der Waals surface area contributed by atoms with Gasteiger partial charge in [-0.15, -0.1) is 0 Å². The van der Waals surface area contributed by atoms with Crippen molar-refractivity contribution < 1.29 is 4.79 Å². The van der Waals surface area contributed by atoms with Gasteiger partial charge in [0.1, 0.15) is 12.2 Å². The predicted octanol–water partition coefficient (Wildman–Crippen LogP) is 0.109. The highest BCUT2D eigenvalue weighted by Gasteiger charge is 2.27. The van der Waals surface area contributed by atoms with Gasteiger partial charge >= 0.3 is 0 Å². The number of nitrogens with one attached hydrogen (secondary N) is 2. The first-order valence-corrected chi connectivity index (χ1v) is 4.92. The summed E-state index contributed by atoms with van der Waals surface area (Å²) in [4.78, 5) is 15.7. The van der Waals surface area contributed by atoms with Gasteiger partial charge in [-0.3, -0.25) is 9.89 Å². The Kier molecular flexibility index (Phi) is 3.41. The Bertz CT molecular complexity index is 319. The molecule has 1 aromatic heterocycles. The van der Waals surface area contributed by atoms with Crippen LogP contribution < -0.4 is 11.1 Å². The number of hydrogen-bond acceptors (Lipinski definition) is 4. The molecule has 6 heteroatoms. The van der Waals surface area contributed by atoms with Gasteiger partial charge in [-0.2, -0.15) is 5.10 Å². The van der Waals surface area contributed by atoms with Gasteiger partial charge in [-0.1, -0.05) is 6.92 Å². The summed E-state index contributed by atoms with van der Waals surface area (Å²) in [5.41, 5.74) is 4.96. The lowest BCUT2D eigenvalue weighted by Crippen LogP contribution is -2.51. The Labute approximate surface area is 88.7 Å². The van der Waals surface area contributed by atoms with Crippen molar-refractivity contribution in [3.63, 3.8) is 0 Å². The zero-order valence-electron chi connectivity index (χ0n) is 9.24. The third-order valence-corrected chi connectivity index (χ3v) is 2.44. The Hall–Kier alpha value is -1.43. The summed E-state index contributed by atoms with van der Waals surface area (Å²) in [6.45, 7) is 5.40. The summed E-state index contributed by atoms with van der Waals surface area (Å²) >= 11 is 0. The van der Waals surface area contributed by atoms with Crippen LogP contribution in [0.5, 0.6) is 0 Å². The van der Waals surface area contributed by atoms with Crippen LogP contribution in [0.15, 0.2) is 6.33 Å².